The maximum Gasteiger partial charge on any atom is 0.255 e. The van der Waals surface area contributed by atoms with Crippen molar-refractivity contribution in [3.8, 4) is 0 Å². The van der Waals surface area contributed by atoms with E-state index in [-0.39, 0.29) is 49.3 Å². The van der Waals surface area contributed by atoms with Gasteiger partial charge in [0.2, 0.25) is 11.8 Å². The molecule has 8 nitrogen and oxygen atoms in total. The Labute approximate surface area is 201 Å². The lowest BCUT2D eigenvalue weighted by atomic mass is 10.0. The van der Waals surface area contributed by atoms with E-state index in [9.17, 15) is 18.8 Å². The second-order valence-electron chi connectivity index (χ2n) is 8.67. The van der Waals surface area contributed by atoms with E-state index in [0.717, 1.165) is 18.7 Å². The van der Waals surface area contributed by atoms with Crippen molar-refractivity contribution in [1.29, 1.82) is 0 Å². The summed E-state index contributed by atoms with van der Waals surface area (Å²) < 4.78 is 45.2. The van der Waals surface area contributed by atoms with Crippen LogP contribution in [0.3, 0.4) is 0 Å². The molecule has 0 saturated carbocycles. The topological polar surface area (TPSA) is 91.0 Å². The Morgan fingerprint density at radius 3 is 2.79 bits per heavy atom. The number of carbonyl (C=O) groups excluding carboxylic acids is 3. The van der Waals surface area contributed by atoms with E-state index < -0.39 is 35.6 Å². The van der Waals surface area contributed by atoms with Gasteiger partial charge < -0.3 is 15.0 Å². The lowest BCUT2D eigenvalue weighted by Crippen LogP contribution is -2.52. The first-order valence-electron chi connectivity index (χ1n) is 12.8. The van der Waals surface area contributed by atoms with Crippen LogP contribution in [0.4, 0.5) is 10.1 Å². The third-order valence-electron chi connectivity index (χ3n) is 6.45. The number of rotatable bonds is 6. The molecule has 2 N–H and O–H groups in total. The van der Waals surface area contributed by atoms with Crippen molar-refractivity contribution in [2.45, 2.75) is 38.5 Å². The van der Waals surface area contributed by atoms with Crippen molar-refractivity contribution in [2.24, 2.45) is 0 Å². The fourth-order valence-electron chi connectivity index (χ4n) is 4.57. The molecule has 3 aliphatic rings. The van der Waals surface area contributed by atoms with Gasteiger partial charge in [0.15, 0.2) is 0 Å². The van der Waals surface area contributed by atoms with Crippen LogP contribution in [0.25, 0.3) is 0 Å². The number of imide groups is 1. The van der Waals surface area contributed by atoms with Crippen LogP contribution in [0.1, 0.15) is 44.0 Å². The van der Waals surface area contributed by atoms with Gasteiger partial charge in [0, 0.05) is 61.5 Å². The Kier molecular flexibility index (Phi) is 5.33. The molecule has 34 heavy (non-hydrogen) atoms. The van der Waals surface area contributed by atoms with E-state index in [1.54, 1.807) is 6.07 Å². The number of hydrogen-bond donors (Lipinski definition) is 2. The summed E-state index contributed by atoms with van der Waals surface area (Å²) in [6.07, 6.45) is 0.244. The Morgan fingerprint density at radius 2 is 2.03 bits per heavy atom. The van der Waals surface area contributed by atoms with Gasteiger partial charge in [-0.25, -0.2) is 4.39 Å². The molecule has 1 atom stereocenters. The summed E-state index contributed by atoms with van der Waals surface area (Å²) in [5, 5.41) is 5.24. The molecule has 0 aliphatic carbocycles. The molecule has 3 heterocycles. The van der Waals surface area contributed by atoms with Gasteiger partial charge in [-0.1, -0.05) is 18.2 Å². The fraction of sp³-hybridized carbons (Fsp3) is 0.400. The molecule has 5 rings (SSSR count). The number of piperidine rings is 1. The maximum absolute atomic E-state index is 14.9. The van der Waals surface area contributed by atoms with Gasteiger partial charge in [0.05, 0.1) is 17.3 Å². The van der Waals surface area contributed by atoms with Gasteiger partial charge in [-0.15, -0.1) is 0 Å². The number of fused-ring (bicyclic) bond motifs is 1. The second-order valence-corrected chi connectivity index (χ2v) is 8.67. The van der Waals surface area contributed by atoms with Crippen LogP contribution >= 0.6 is 0 Å². The van der Waals surface area contributed by atoms with Gasteiger partial charge in [-0.3, -0.25) is 24.6 Å². The molecule has 3 aliphatic heterocycles. The molecule has 0 bridgehead atoms. The number of nitrogens with one attached hydrogen (secondary N) is 2. The summed E-state index contributed by atoms with van der Waals surface area (Å²) >= 11 is 0. The highest BCUT2D eigenvalue weighted by atomic mass is 19.1. The predicted octanol–water partition coefficient (Wildman–Crippen LogP) is 2.03. The van der Waals surface area contributed by atoms with Crippen LogP contribution in [-0.4, -0.2) is 59.9 Å². The number of hydrogen-bond acceptors (Lipinski definition) is 6. The van der Waals surface area contributed by atoms with Crippen LogP contribution in [0.5, 0.6) is 0 Å². The van der Waals surface area contributed by atoms with Crippen molar-refractivity contribution in [3.63, 3.8) is 0 Å². The Bertz CT molecular complexity index is 1290. The first-order valence-corrected chi connectivity index (χ1v) is 11.3. The van der Waals surface area contributed by atoms with Crippen LogP contribution in [-0.2, 0) is 34.0 Å². The number of benzene rings is 2. The zero-order valence-corrected chi connectivity index (χ0v) is 18.6. The standard InChI is InChI=1S/C25H27FN4O4/c26-20-12-16(14-29-8-10-34-11-9-29)4-5-17(20)13-27-21-3-1-2-18-19(21)15-30(25(18)33)22-6-7-23(31)28-24(22)32/h1-5,12,22,27H,6-11,13-15H2,(H,28,31,32)/t22-/m1/s1/i1D,2D,3D. The van der Waals surface area contributed by atoms with E-state index in [1.807, 2.05) is 6.07 Å². The van der Waals surface area contributed by atoms with Crippen molar-refractivity contribution >= 4 is 23.4 Å². The summed E-state index contributed by atoms with van der Waals surface area (Å²) in [5.74, 6) is -2.00. The van der Waals surface area contributed by atoms with Crippen LogP contribution in [0.2, 0.25) is 0 Å². The molecule has 178 valence electrons. The Balaban J connectivity index is 1.36. The van der Waals surface area contributed by atoms with E-state index in [0.29, 0.717) is 30.9 Å². The van der Waals surface area contributed by atoms with Crippen molar-refractivity contribution in [2.75, 3.05) is 31.6 Å². The SMILES string of the molecule is [2H]c1c([2H])c(NCc2ccc(CN3CCOCC3)cc2F)c2c(c1[2H])C(=O)N([C@@H]1CCC(=O)NC1=O)C2. The van der Waals surface area contributed by atoms with Crippen LogP contribution in [0.15, 0.2) is 36.3 Å². The molecule has 9 heteroatoms. The van der Waals surface area contributed by atoms with Gasteiger partial charge in [-0.05, 0) is 30.1 Å². The van der Waals surface area contributed by atoms with Crippen molar-refractivity contribution < 1.29 is 27.6 Å². The maximum atomic E-state index is 14.9. The molecule has 0 unspecified atom stereocenters. The van der Waals surface area contributed by atoms with E-state index >= 15 is 0 Å². The van der Waals surface area contributed by atoms with E-state index in [4.69, 9.17) is 8.85 Å². The molecule has 0 radical (unpaired) electrons. The monoisotopic (exact) mass is 469 g/mol. The number of amides is 3. The highest BCUT2D eigenvalue weighted by molar-refractivity contribution is 6.06. The van der Waals surface area contributed by atoms with Crippen molar-refractivity contribution in [1.82, 2.24) is 15.1 Å². The first-order chi connectivity index (χ1) is 17.7. The van der Waals surface area contributed by atoms with E-state index in [2.05, 4.69) is 15.5 Å². The Morgan fingerprint density at radius 1 is 1.21 bits per heavy atom. The summed E-state index contributed by atoms with van der Waals surface area (Å²) in [7, 11) is 0. The molecule has 0 spiro atoms. The lowest BCUT2D eigenvalue weighted by molar-refractivity contribution is -0.136. The second kappa shape index (κ2) is 9.52. The summed E-state index contributed by atoms with van der Waals surface area (Å²) in [5.41, 5.74) is 1.63. The minimum Gasteiger partial charge on any atom is -0.381 e. The quantitative estimate of drug-likeness (QED) is 0.630. The summed E-state index contributed by atoms with van der Waals surface area (Å²) in [6.45, 7) is 3.46. The van der Waals surface area contributed by atoms with Crippen LogP contribution < -0.4 is 10.6 Å². The van der Waals surface area contributed by atoms with Gasteiger partial charge in [0.25, 0.3) is 5.91 Å². The smallest absolute Gasteiger partial charge is 0.255 e. The molecule has 2 saturated heterocycles. The average molecular weight is 470 g/mol. The molecule has 3 amide bonds. The number of ether oxygens (including phenoxy) is 1. The minimum atomic E-state index is -0.885. The van der Waals surface area contributed by atoms with Gasteiger partial charge >= 0.3 is 0 Å². The number of anilines is 1. The highest BCUT2D eigenvalue weighted by Crippen LogP contribution is 2.32. The average Bonchev–Trinajstić information content (AvgIpc) is 3.21. The normalized spacial score (nSPS) is 22.1. The molecule has 2 fully saturated rings. The Hall–Kier alpha value is -3.30. The minimum absolute atomic E-state index is 0.00534. The van der Waals surface area contributed by atoms with Crippen molar-refractivity contribution in [3.05, 3.63) is 64.4 Å². The largest absolute Gasteiger partial charge is 0.381 e. The molecule has 2 aromatic rings. The number of carbonyl (C=O) groups is 3. The number of halogens is 1. The van der Waals surface area contributed by atoms with E-state index in [1.165, 1.54) is 11.0 Å². The molecule has 2 aromatic carbocycles. The summed E-state index contributed by atoms with van der Waals surface area (Å²) in [6, 6.07) is 3.03. The third-order valence-corrected chi connectivity index (χ3v) is 6.45. The van der Waals surface area contributed by atoms with Crippen LogP contribution in [0, 0.1) is 5.82 Å². The molecular weight excluding hydrogens is 439 g/mol. The molecular formula is C25H27FN4O4. The fourth-order valence-corrected chi connectivity index (χ4v) is 4.57. The summed E-state index contributed by atoms with van der Waals surface area (Å²) in [4.78, 5) is 40.6. The molecule has 0 aromatic heterocycles. The first kappa shape index (κ1) is 19.1. The third kappa shape index (κ3) is 4.53. The number of nitrogens with zero attached hydrogens (tertiary/aromatic N) is 2. The van der Waals surface area contributed by atoms with Gasteiger partial charge in [0.1, 0.15) is 11.9 Å². The zero-order valence-electron chi connectivity index (χ0n) is 21.6. The zero-order chi connectivity index (χ0) is 26.3. The lowest BCUT2D eigenvalue weighted by Gasteiger charge is -2.29. The highest BCUT2D eigenvalue weighted by Gasteiger charge is 2.39. The predicted molar refractivity (Wildman–Crippen MR) is 122 cm³/mol. The number of morpholine rings is 1. The van der Waals surface area contributed by atoms with Gasteiger partial charge in [-0.2, -0.15) is 0 Å².